The van der Waals surface area contributed by atoms with Gasteiger partial charge in [-0.15, -0.1) is 0 Å². The van der Waals surface area contributed by atoms with Gasteiger partial charge in [-0.05, 0) is 49.9 Å². The molecular formula is C19H22F3N3. The molecule has 1 unspecified atom stereocenters. The zero-order valence-corrected chi connectivity index (χ0v) is 14.0. The highest BCUT2D eigenvalue weighted by Gasteiger charge is 2.33. The molecule has 2 heterocycles. The average molecular weight is 349 g/mol. The summed E-state index contributed by atoms with van der Waals surface area (Å²) in [5, 5.41) is 7.21. The number of hydrogen-bond donors (Lipinski definition) is 1. The highest BCUT2D eigenvalue weighted by molar-refractivity contribution is 5.66. The Labute approximate surface area is 145 Å². The third-order valence-electron chi connectivity index (χ3n) is 5.62. The van der Waals surface area contributed by atoms with Crippen molar-refractivity contribution in [2.45, 2.75) is 50.2 Å². The molecule has 3 nitrogen and oxygen atoms in total. The molecule has 1 aromatic heterocycles. The van der Waals surface area contributed by atoms with E-state index in [1.54, 1.807) is 12.3 Å². The highest BCUT2D eigenvalue weighted by atomic mass is 19.4. The largest absolute Gasteiger partial charge is 0.416 e. The molecule has 1 N–H and O–H groups in total. The van der Waals surface area contributed by atoms with Gasteiger partial charge in [-0.1, -0.05) is 18.6 Å². The van der Waals surface area contributed by atoms with Crippen LogP contribution >= 0.6 is 0 Å². The van der Waals surface area contributed by atoms with Crippen LogP contribution in [0, 0.1) is 0 Å². The van der Waals surface area contributed by atoms with Gasteiger partial charge in [0.2, 0.25) is 0 Å². The zero-order valence-electron chi connectivity index (χ0n) is 14.0. The molecule has 4 rings (SSSR count). The maximum Gasteiger partial charge on any atom is 0.416 e. The standard InChI is InChI=1S/C19H22F3N3/c20-19(21,22)15-6-1-4-13(10-15)17-11-23-24-18(17)14-5-3-9-25(12-14)16-7-2-8-16/h1,4,6,10-11,14,16H,2-3,5,7-9,12H2,(H,23,24). The Kier molecular flexibility index (Phi) is 4.31. The number of nitrogens with zero attached hydrogens (tertiary/aromatic N) is 2. The van der Waals surface area contributed by atoms with E-state index in [0.717, 1.165) is 43.3 Å². The van der Waals surface area contributed by atoms with E-state index in [1.807, 2.05) is 0 Å². The van der Waals surface area contributed by atoms with Crippen LogP contribution in [0.5, 0.6) is 0 Å². The monoisotopic (exact) mass is 349 g/mol. The van der Waals surface area contributed by atoms with E-state index in [2.05, 4.69) is 15.1 Å². The van der Waals surface area contributed by atoms with Gasteiger partial charge in [-0.3, -0.25) is 10.00 Å². The number of rotatable bonds is 3. The molecule has 134 valence electrons. The number of nitrogens with one attached hydrogen (secondary N) is 1. The lowest BCUT2D eigenvalue weighted by Gasteiger charge is -2.42. The van der Waals surface area contributed by atoms with Crippen LogP contribution in [-0.4, -0.2) is 34.2 Å². The van der Waals surface area contributed by atoms with Crippen molar-refractivity contribution in [1.29, 1.82) is 0 Å². The van der Waals surface area contributed by atoms with Gasteiger partial charge in [-0.2, -0.15) is 18.3 Å². The third-order valence-corrected chi connectivity index (χ3v) is 5.62. The van der Waals surface area contributed by atoms with Gasteiger partial charge in [0.05, 0.1) is 11.8 Å². The number of hydrogen-bond acceptors (Lipinski definition) is 2. The SMILES string of the molecule is FC(F)(F)c1cccc(-c2cn[nH]c2C2CCCN(C3CCC3)C2)c1. The smallest absolute Gasteiger partial charge is 0.300 e. The first-order chi connectivity index (χ1) is 12.0. The van der Waals surface area contributed by atoms with Crippen molar-refractivity contribution in [2.75, 3.05) is 13.1 Å². The Morgan fingerprint density at radius 3 is 2.68 bits per heavy atom. The minimum absolute atomic E-state index is 0.307. The molecule has 0 radical (unpaired) electrons. The topological polar surface area (TPSA) is 31.9 Å². The summed E-state index contributed by atoms with van der Waals surface area (Å²) in [5.74, 6) is 0.307. The lowest BCUT2D eigenvalue weighted by Crippen LogP contribution is -2.45. The highest BCUT2D eigenvalue weighted by Crippen LogP contribution is 2.38. The summed E-state index contributed by atoms with van der Waals surface area (Å²) in [6.45, 7) is 2.10. The second-order valence-corrected chi connectivity index (χ2v) is 7.19. The maximum absolute atomic E-state index is 13.0. The molecule has 2 aromatic rings. The molecule has 0 spiro atoms. The van der Waals surface area contributed by atoms with Crippen LogP contribution in [0.4, 0.5) is 13.2 Å². The van der Waals surface area contributed by atoms with Crippen molar-refractivity contribution in [3.63, 3.8) is 0 Å². The minimum atomic E-state index is -4.33. The Balaban J connectivity index is 1.60. The summed E-state index contributed by atoms with van der Waals surface area (Å²) in [4.78, 5) is 2.55. The van der Waals surface area contributed by atoms with Crippen molar-refractivity contribution >= 4 is 0 Å². The molecule has 1 saturated carbocycles. The Bertz CT molecular complexity index is 734. The third kappa shape index (κ3) is 3.32. The van der Waals surface area contributed by atoms with E-state index in [0.29, 0.717) is 17.5 Å². The van der Waals surface area contributed by atoms with Crippen LogP contribution in [0.15, 0.2) is 30.5 Å². The zero-order chi connectivity index (χ0) is 17.4. The molecule has 1 atom stereocenters. The predicted molar refractivity (Wildman–Crippen MR) is 90.2 cm³/mol. The van der Waals surface area contributed by atoms with Gasteiger partial charge in [0, 0.05) is 29.8 Å². The van der Waals surface area contributed by atoms with Gasteiger partial charge in [-0.25, -0.2) is 0 Å². The molecule has 1 aliphatic carbocycles. The minimum Gasteiger partial charge on any atom is -0.300 e. The molecule has 1 aliphatic heterocycles. The maximum atomic E-state index is 13.0. The second kappa shape index (κ2) is 6.48. The fraction of sp³-hybridized carbons (Fsp3) is 0.526. The van der Waals surface area contributed by atoms with Crippen LogP contribution in [0.25, 0.3) is 11.1 Å². The number of piperidine rings is 1. The van der Waals surface area contributed by atoms with Gasteiger partial charge in [0.25, 0.3) is 0 Å². The van der Waals surface area contributed by atoms with Crippen LogP contribution in [0.2, 0.25) is 0 Å². The lowest BCUT2D eigenvalue weighted by atomic mass is 9.85. The Morgan fingerprint density at radius 2 is 1.96 bits per heavy atom. The first-order valence-electron chi connectivity index (χ1n) is 8.97. The summed E-state index contributed by atoms with van der Waals surface area (Å²) in [6, 6.07) is 6.23. The van der Waals surface area contributed by atoms with Gasteiger partial charge in [0.1, 0.15) is 0 Å². The number of aromatic amines is 1. The fourth-order valence-corrected chi connectivity index (χ4v) is 4.03. The fourth-order valence-electron chi connectivity index (χ4n) is 4.03. The quantitative estimate of drug-likeness (QED) is 0.861. The normalized spacial score (nSPS) is 22.8. The number of aromatic nitrogens is 2. The van der Waals surface area contributed by atoms with Crippen LogP contribution in [0.1, 0.15) is 49.3 Å². The number of H-pyrrole nitrogens is 1. The summed E-state index contributed by atoms with van der Waals surface area (Å²) in [7, 11) is 0. The molecule has 2 aliphatic rings. The Hall–Kier alpha value is -1.82. The Morgan fingerprint density at radius 1 is 1.12 bits per heavy atom. The predicted octanol–water partition coefficient (Wildman–Crippen LogP) is 4.83. The molecule has 1 aromatic carbocycles. The summed E-state index contributed by atoms with van der Waals surface area (Å²) >= 11 is 0. The van der Waals surface area contributed by atoms with E-state index in [-0.39, 0.29) is 0 Å². The molecule has 6 heteroatoms. The van der Waals surface area contributed by atoms with Gasteiger partial charge >= 0.3 is 6.18 Å². The van der Waals surface area contributed by atoms with E-state index in [9.17, 15) is 13.2 Å². The number of benzene rings is 1. The van der Waals surface area contributed by atoms with Crippen molar-refractivity contribution in [2.24, 2.45) is 0 Å². The average Bonchev–Trinajstić information content (AvgIpc) is 3.02. The van der Waals surface area contributed by atoms with Crippen molar-refractivity contribution < 1.29 is 13.2 Å². The van der Waals surface area contributed by atoms with E-state index in [1.165, 1.54) is 31.4 Å². The molecular weight excluding hydrogens is 327 g/mol. The first-order valence-corrected chi connectivity index (χ1v) is 8.97. The number of alkyl halides is 3. The lowest BCUT2D eigenvalue weighted by molar-refractivity contribution is -0.137. The van der Waals surface area contributed by atoms with Gasteiger partial charge in [0.15, 0.2) is 0 Å². The van der Waals surface area contributed by atoms with E-state index < -0.39 is 11.7 Å². The molecule has 2 fully saturated rings. The summed E-state index contributed by atoms with van der Waals surface area (Å²) in [5.41, 5.74) is 1.74. The van der Waals surface area contributed by atoms with Gasteiger partial charge < -0.3 is 0 Å². The van der Waals surface area contributed by atoms with Crippen molar-refractivity contribution in [3.8, 4) is 11.1 Å². The first kappa shape index (κ1) is 16.6. The van der Waals surface area contributed by atoms with Crippen LogP contribution in [-0.2, 0) is 6.18 Å². The van der Waals surface area contributed by atoms with E-state index in [4.69, 9.17) is 0 Å². The molecule has 25 heavy (non-hydrogen) atoms. The molecule has 1 saturated heterocycles. The van der Waals surface area contributed by atoms with Crippen molar-refractivity contribution in [3.05, 3.63) is 41.7 Å². The molecule has 0 amide bonds. The number of halogens is 3. The summed E-state index contributed by atoms with van der Waals surface area (Å²) < 4.78 is 39.1. The van der Waals surface area contributed by atoms with Crippen molar-refractivity contribution in [1.82, 2.24) is 15.1 Å². The second-order valence-electron chi connectivity index (χ2n) is 7.19. The van der Waals surface area contributed by atoms with Crippen LogP contribution in [0.3, 0.4) is 0 Å². The van der Waals surface area contributed by atoms with E-state index >= 15 is 0 Å². The number of likely N-dealkylation sites (tertiary alicyclic amines) is 1. The molecule has 0 bridgehead atoms. The summed E-state index contributed by atoms with van der Waals surface area (Å²) in [6.07, 6.45) is 3.37. The van der Waals surface area contributed by atoms with Crippen LogP contribution < -0.4 is 0 Å².